The quantitative estimate of drug-likeness (QED) is 0.383. The summed E-state index contributed by atoms with van der Waals surface area (Å²) in [5.41, 5.74) is 2.69. The maximum absolute atomic E-state index is 13.6. The molecular formula is C30H35FN2O4. The van der Waals surface area contributed by atoms with Crippen molar-refractivity contribution >= 4 is 11.8 Å². The largest absolute Gasteiger partial charge is 0.493 e. The lowest BCUT2D eigenvalue weighted by molar-refractivity contribution is -0.143. The van der Waals surface area contributed by atoms with Crippen molar-refractivity contribution in [2.24, 2.45) is 5.92 Å². The van der Waals surface area contributed by atoms with E-state index in [2.05, 4.69) is 5.32 Å². The number of nitrogens with one attached hydrogen (secondary N) is 1. The molecule has 3 rings (SSSR count). The molecule has 0 saturated carbocycles. The van der Waals surface area contributed by atoms with Crippen LogP contribution in [0.5, 0.6) is 11.5 Å². The Hall–Kier alpha value is -3.87. The number of carbonyl (C=O) groups is 2. The van der Waals surface area contributed by atoms with E-state index in [4.69, 9.17) is 9.47 Å². The molecule has 6 nitrogen and oxygen atoms in total. The molecule has 7 heteroatoms. The Morgan fingerprint density at radius 2 is 1.51 bits per heavy atom. The summed E-state index contributed by atoms with van der Waals surface area (Å²) in [4.78, 5) is 28.5. The van der Waals surface area contributed by atoms with Crippen molar-refractivity contribution in [1.82, 2.24) is 10.2 Å². The molecule has 0 fully saturated rings. The molecule has 3 aromatic rings. The van der Waals surface area contributed by atoms with Crippen molar-refractivity contribution in [2.45, 2.75) is 39.3 Å². The van der Waals surface area contributed by atoms with Crippen LogP contribution in [0.3, 0.4) is 0 Å². The predicted octanol–water partition coefficient (Wildman–Crippen LogP) is 4.80. The van der Waals surface area contributed by atoms with Gasteiger partial charge in [-0.2, -0.15) is 0 Å². The third-order valence-corrected chi connectivity index (χ3v) is 6.15. The van der Waals surface area contributed by atoms with E-state index in [9.17, 15) is 14.0 Å². The van der Waals surface area contributed by atoms with Crippen LogP contribution in [0.15, 0.2) is 72.8 Å². The number of halogens is 1. The van der Waals surface area contributed by atoms with Gasteiger partial charge in [0.25, 0.3) is 0 Å². The molecule has 3 aromatic carbocycles. The van der Waals surface area contributed by atoms with Crippen LogP contribution in [0.25, 0.3) is 0 Å². The molecule has 0 radical (unpaired) electrons. The number of amides is 2. The molecule has 1 atom stereocenters. The molecule has 0 aromatic heterocycles. The molecule has 196 valence electrons. The molecule has 2 amide bonds. The fourth-order valence-corrected chi connectivity index (χ4v) is 4.13. The highest BCUT2D eigenvalue weighted by atomic mass is 19.1. The third-order valence-electron chi connectivity index (χ3n) is 6.15. The second kappa shape index (κ2) is 13.4. The van der Waals surface area contributed by atoms with E-state index < -0.39 is 6.04 Å². The number of hydrogen-bond acceptors (Lipinski definition) is 4. The van der Waals surface area contributed by atoms with Gasteiger partial charge in [-0.3, -0.25) is 9.59 Å². The molecule has 0 aliphatic carbocycles. The van der Waals surface area contributed by atoms with Gasteiger partial charge in [-0.05, 0) is 47.4 Å². The second-order valence-electron chi connectivity index (χ2n) is 9.18. The van der Waals surface area contributed by atoms with E-state index in [0.29, 0.717) is 30.9 Å². The van der Waals surface area contributed by atoms with E-state index in [0.717, 1.165) is 16.7 Å². The van der Waals surface area contributed by atoms with Crippen LogP contribution >= 0.6 is 0 Å². The third kappa shape index (κ3) is 7.81. The van der Waals surface area contributed by atoms with E-state index in [1.165, 1.54) is 12.1 Å². The molecule has 0 aliphatic heterocycles. The summed E-state index contributed by atoms with van der Waals surface area (Å²) in [6, 6.07) is 20.6. The monoisotopic (exact) mass is 506 g/mol. The normalized spacial score (nSPS) is 11.6. The predicted molar refractivity (Wildman–Crippen MR) is 142 cm³/mol. The van der Waals surface area contributed by atoms with Gasteiger partial charge in [0.1, 0.15) is 11.9 Å². The first kappa shape index (κ1) is 27.7. The Balaban J connectivity index is 1.81. The van der Waals surface area contributed by atoms with Crippen LogP contribution < -0.4 is 14.8 Å². The zero-order valence-corrected chi connectivity index (χ0v) is 21.9. The lowest BCUT2D eigenvalue weighted by Crippen LogP contribution is -2.51. The lowest BCUT2D eigenvalue weighted by Gasteiger charge is -2.33. The standard InChI is InChI=1S/C30H35FN2O4/c1-21(2)30(35)33(20-24-10-13-25(31)14-11-24)26(18-22-8-6-5-7-9-22)29(34)32-17-16-23-12-15-27(36-3)28(19-23)37-4/h5-15,19,21,26H,16-18,20H2,1-4H3,(H,32,34)/t26-/m0/s1. The number of methoxy groups -OCH3 is 2. The van der Waals surface area contributed by atoms with Crippen molar-refractivity contribution < 1.29 is 23.5 Å². The molecule has 0 bridgehead atoms. The van der Waals surface area contributed by atoms with Crippen molar-refractivity contribution in [1.29, 1.82) is 0 Å². The van der Waals surface area contributed by atoms with Crippen LogP contribution in [0, 0.1) is 11.7 Å². The number of ether oxygens (including phenoxy) is 2. The molecule has 0 unspecified atom stereocenters. The van der Waals surface area contributed by atoms with Gasteiger partial charge in [0, 0.05) is 25.4 Å². The minimum absolute atomic E-state index is 0.139. The van der Waals surface area contributed by atoms with Crippen LogP contribution in [-0.4, -0.2) is 43.5 Å². The van der Waals surface area contributed by atoms with E-state index >= 15 is 0 Å². The van der Waals surface area contributed by atoms with E-state index in [1.807, 2.05) is 62.4 Å². The van der Waals surface area contributed by atoms with Crippen molar-refractivity contribution in [3.63, 3.8) is 0 Å². The Morgan fingerprint density at radius 1 is 0.865 bits per heavy atom. The zero-order chi connectivity index (χ0) is 26.8. The highest BCUT2D eigenvalue weighted by Gasteiger charge is 2.31. The van der Waals surface area contributed by atoms with Crippen LogP contribution in [-0.2, 0) is 29.0 Å². The average Bonchev–Trinajstić information content (AvgIpc) is 2.91. The van der Waals surface area contributed by atoms with Crippen molar-refractivity contribution in [3.05, 3.63) is 95.3 Å². The second-order valence-corrected chi connectivity index (χ2v) is 9.18. The number of carbonyl (C=O) groups excluding carboxylic acids is 2. The van der Waals surface area contributed by atoms with Crippen LogP contribution in [0.1, 0.15) is 30.5 Å². The smallest absolute Gasteiger partial charge is 0.243 e. The number of hydrogen-bond donors (Lipinski definition) is 1. The summed E-state index contributed by atoms with van der Waals surface area (Å²) in [5, 5.41) is 3.02. The van der Waals surface area contributed by atoms with Gasteiger partial charge in [-0.1, -0.05) is 62.4 Å². The van der Waals surface area contributed by atoms with Gasteiger partial charge in [-0.15, -0.1) is 0 Å². The van der Waals surface area contributed by atoms with Crippen LogP contribution in [0.2, 0.25) is 0 Å². The highest BCUT2D eigenvalue weighted by molar-refractivity contribution is 5.88. The molecular weight excluding hydrogens is 471 g/mol. The van der Waals surface area contributed by atoms with Gasteiger partial charge >= 0.3 is 0 Å². The molecule has 37 heavy (non-hydrogen) atoms. The van der Waals surface area contributed by atoms with Gasteiger partial charge in [0.15, 0.2) is 11.5 Å². The maximum atomic E-state index is 13.6. The molecule has 0 saturated heterocycles. The van der Waals surface area contributed by atoms with Crippen molar-refractivity contribution in [2.75, 3.05) is 20.8 Å². The molecule has 1 N–H and O–H groups in total. The van der Waals surface area contributed by atoms with Gasteiger partial charge < -0.3 is 19.7 Å². The fraction of sp³-hybridized carbons (Fsp3) is 0.333. The molecule has 0 spiro atoms. The number of benzene rings is 3. The van der Waals surface area contributed by atoms with Crippen molar-refractivity contribution in [3.8, 4) is 11.5 Å². The minimum atomic E-state index is -0.729. The Bertz CT molecular complexity index is 1170. The summed E-state index contributed by atoms with van der Waals surface area (Å²) in [5.74, 6) is 0.237. The zero-order valence-electron chi connectivity index (χ0n) is 21.9. The SMILES string of the molecule is COc1ccc(CCNC(=O)[C@H](Cc2ccccc2)N(Cc2ccc(F)cc2)C(=O)C(C)C)cc1OC. The topological polar surface area (TPSA) is 67.9 Å². The summed E-state index contributed by atoms with van der Waals surface area (Å²) < 4.78 is 24.2. The summed E-state index contributed by atoms with van der Waals surface area (Å²) in [6.07, 6.45) is 0.947. The first-order valence-corrected chi connectivity index (χ1v) is 12.4. The molecule has 0 aliphatic rings. The Labute approximate surface area is 218 Å². The van der Waals surface area contributed by atoms with Crippen LogP contribution in [0.4, 0.5) is 4.39 Å². The number of nitrogens with zero attached hydrogens (tertiary/aromatic N) is 1. The summed E-state index contributed by atoms with van der Waals surface area (Å²) in [7, 11) is 3.17. The average molecular weight is 507 g/mol. The van der Waals surface area contributed by atoms with Gasteiger partial charge in [0.2, 0.25) is 11.8 Å². The number of rotatable bonds is 12. The Kier molecular flexibility index (Phi) is 10.1. The highest BCUT2D eigenvalue weighted by Crippen LogP contribution is 2.27. The minimum Gasteiger partial charge on any atom is -0.493 e. The van der Waals surface area contributed by atoms with Gasteiger partial charge in [0.05, 0.1) is 14.2 Å². The lowest BCUT2D eigenvalue weighted by atomic mass is 10.0. The first-order chi connectivity index (χ1) is 17.8. The first-order valence-electron chi connectivity index (χ1n) is 12.4. The summed E-state index contributed by atoms with van der Waals surface area (Å²) >= 11 is 0. The fourth-order valence-electron chi connectivity index (χ4n) is 4.13. The molecule has 0 heterocycles. The van der Waals surface area contributed by atoms with E-state index in [-0.39, 0.29) is 30.1 Å². The van der Waals surface area contributed by atoms with Gasteiger partial charge in [-0.25, -0.2) is 4.39 Å². The maximum Gasteiger partial charge on any atom is 0.243 e. The van der Waals surface area contributed by atoms with E-state index in [1.54, 1.807) is 31.3 Å². The Morgan fingerprint density at radius 3 is 2.14 bits per heavy atom. The summed E-state index contributed by atoms with van der Waals surface area (Å²) in [6.45, 7) is 4.22.